The van der Waals surface area contributed by atoms with Crippen LogP contribution in [0.1, 0.15) is 39.2 Å². The number of halogens is 1. The molecule has 0 radical (unpaired) electrons. The number of carbonyl (C=O) groups excluding carboxylic acids is 2. The molecule has 2 aromatic rings. The molecule has 1 heterocycles. The lowest BCUT2D eigenvalue weighted by atomic mass is 10.1. The Morgan fingerprint density at radius 2 is 1.73 bits per heavy atom. The number of benzene rings is 2. The Bertz CT molecular complexity index is 1190. The van der Waals surface area contributed by atoms with Gasteiger partial charge in [-0.3, -0.25) is 13.9 Å². The molecule has 0 saturated heterocycles. The largest absolute Gasteiger partial charge is 0.486 e. The van der Waals surface area contributed by atoms with E-state index in [1.165, 1.54) is 11.8 Å². The van der Waals surface area contributed by atoms with E-state index in [2.05, 4.69) is 21.2 Å². The van der Waals surface area contributed by atoms with E-state index in [0.29, 0.717) is 36.9 Å². The number of sulfonamides is 1. The first-order valence-corrected chi connectivity index (χ1v) is 14.8. The highest BCUT2D eigenvalue weighted by Crippen LogP contribution is 2.35. The van der Waals surface area contributed by atoms with Crippen LogP contribution < -0.4 is 19.1 Å². The number of anilines is 1. The zero-order valence-corrected chi connectivity index (χ0v) is 23.8. The minimum absolute atomic E-state index is 0.148. The second kappa shape index (κ2) is 13.1. The zero-order chi connectivity index (χ0) is 27.0. The maximum atomic E-state index is 13.7. The van der Waals surface area contributed by atoms with E-state index in [-0.39, 0.29) is 18.2 Å². The number of hydrogen-bond donors (Lipinski definition) is 1. The van der Waals surface area contributed by atoms with E-state index in [1.807, 2.05) is 31.2 Å². The van der Waals surface area contributed by atoms with Crippen molar-refractivity contribution in [3.63, 3.8) is 0 Å². The first-order chi connectivity index (χ1) is 17.7. The van der Waals surface area contributed by atoms with Gasteiger partial charge in [0.2, 0.25) is 21.8 Å². The first-order valence-electron chi connectivity index (χ1n) is 12.4. The lowest BCUT2D eigenvalue weighted by Crippen LogP contribution is -2.51. The predicted molar refractivity (Wildman–Crippen MR) is 146 cm³/mol. The third-order valence-electron chi connectivity index (χ3n) is 6.06. The molecule has 0 bridgehead atoms. The van der Waals surface area contributed by atoms with Crippen LogP contribution in [0.2, 0.25) is 0 Å². The van der Waals surface area contributed by atoms with Crippen molar-refractivity contribution >= 4 is 43.5 Å². The molecule has 1 aliphatic heterocycles. The molecule has 202 valence electrons. The van der Waals surface area contributed by atoms with Gasteiger partial charge in [-0.2, -0.15) is 0 Å². The molecular formula is C26H34BrN3O6S. The quantitative estimate of drug-likeness (QED) is 0.375. The van der Waals surface area contributed by atoms with Crippen LogP contribution >= 0.6 is 15.9 Å². The van der Waals surface area contributed by atoms with Crippen LogP contribution in [0.3, 0.4) is 0 Å². The third kappa shape index (κ3) is 7.61. The van der Waals surface area contributed by atoms with Crippen molar-refractivity contribution in [1.82, 2.24) is 10.2 Å². The Morgan fingerprint density at radius 3 is 2.38 bits per heavy atom. The molecule has 11 heteroatoms. The zero-order valence-electron chi connectivity index (χ0n) is 21.4. The van der Waals surface area contributed by atoms with Crippen molar-refractivity contribution < 1.29 is 27.5 Å². The molecule has 3 rings (SSSR count). The molecule has 1 aliphatic rings. The molecule has 1 N–H and O–H groups in total. The summed E-state index contributed by atoms with van der Waals surface area (Å²) in [4.78, 5) is 28.0. The van der Waals surface area contributed by atoms with Gasteiger partial charge in [0.1, 0.15) is 25.8 Å². The smallest absolute Gasteiger partial charge is 0.244 e. The summed E-state index contributed by atoms with van der Waals surface area (Å²) < 4.78 is 39.3. The Morgan fingerprint density at radius 1 is 1.05 bits per heavy atom. The average molecular weight is 597 g/mol. The van der Waals surface area contributed by atoms with E-state index >= 15 is 0 Å². The number of nitrogens with zero attached hydrogens (tertiary/aromatic N) is 2. The number of ether oxygens (including phenoxy) is 2. The minimum Gasteiger partial charge on any atom is -0.486 e. The van der Waals surface area contributed by atoms with Gasteiger partial charge in [-0.15, -0.1) is 0 Å². The number of hydrogen-bond acceptors (Lipinski definition) is 6. The first kappa shape index (κ1) is 28.8. The normalized spacial score (nSPS) is 13.5. The van der Waals surface area contributed by atoms with Crippen LogP contribution in [0.25, 0.3) is 0 Å². The van der Waals surface area contributed by atoms with Crippen molar-refractivity contribution in [3.8, 4) is 11.5 Å². The van der Waals surface area contributed by atoms with Crippen molar-refractivity contribution in [3.05, 3.63) is 52.5 Å². The molecule has 0 spiro atoms. The summed E-state index contributed by atoms with van der Waals surface area (Å²) >= 11 is 3.41. The van der Waals surface area contributed by atoms with Gasteiger partial charge in [-0.05, 0) is 50.1 Å². The fraction of sp³-hybridized carbons (Fsp3) is 0.462. The average Bonchev–Trinajstić information content (AvgIpc) is 2.90. The number of carbonyl (C=O) groups is 2. The van der Waals surface area contributed by atoms with Gasteiger partial charge in [-0.25, -0.2) is 8.42 Å². The van der Waals surface area contributed by atoms with E-state index in [9.17, 15) is 18.0 Å². The summed E-state index contributed by atoms with van der Waals surface area (Å²) in [7, 11) is -3.83. The molecule has 2 amide bonds. The summed E-state index contributed by atoms with van der Waals surface area (Å²) in [5, 5.41) is 2.87. The Balaban J connectivity index is 1.91. The molecule has 1 atom stereocenters. The maximum Gasteiger partial charge on any atom is 0.244 e. The molecule has 2 aromatic carbocycles. The van der Waals surface area contributed by atoms with E-state index in [1.54, 1.807) is 25.1 Å². The number of nitrogens with one attached hydrogen (secondary N) is 1. The Hall–Kier alpha value is -2.79. The summed E-state index contributed by atoms with van der Waals surface area (Å²) in [5.74, 6) is -0.0440. The molecule has 0 aromatic heterocycles. The second-order valence-corrected chi connectivity index (χ2v) is 11.8. The number of amides is 2. The van der Waals surface area contributed by atoms with E-state index in [4.69, 9.17) is 9.47 Å². The Kier molecular flexibility index (Phi) is 10.2. The van der Waals surface area contributed by atoms with Crippen molar-refractivity contribution in [2.45, 2.75) is 46.2 Å². The second-order valence-electron chi connectivity index (χ2n) is 8.70. The van der Waals surface area contributed by atoms with Gasteiger partial charge in [-0.1, -0.05) is 41.4 Å². The van der Waals surface area contributed by atoms with Crippen LogP contribution in [0.5, 0.6) is 11.5 Å². The van der Waals surface area contributed by atoms with Crippen LogP contribution in [-0.4, -0.2) is 63.2 Å². The molecule has 0 saturated carbocycles. The predicted octanol–water partition coefficient (Wildman–Crippen LogP) is 3.71. The van der Waals surface area contributed by atoms with Crippen molar-refractivity contribution in [2.75, 3.05) is 36.4 Å². The summed E-state index contributed by atoms with van der Waals surface area (Å²) in [6.07, 6.45) is 1.75. The fourth-order valence-corrected chi connectivity index (χ4v) is 5.13. The van der Waals surface area contributed by atoms with Gasteiger partial charge in [0, 0.05) is 23.6 Å². The molecule has 0 aliphatic carbocycles. The van der Waals surface area contributed by atoms with Gasteiger partial charge >= 0.3 is 0 Å². The van der Waals surface area contributed by atoms with Crippen LogP contribution in [0.4, 0.5) is 5.69 Å². The summed E-state index contributed by atoms with van der Waals surface area (Å²) in [6, 6.07) is 11.4. The monoisotopic (exact) mass is 595 g/mol. The number of rotatable bonds is 12. The highest BCUT2D eigenvalue weighted by atomic mass is 79.9. The third-order valence-corrected chi connectivity index (χ3v) is 8.33. The Labute approximate surface area is 227 Å². The van der Waals surface area contributed by atoms with Crippen molar-refractivity contribution in [2.24, 2.45) is 0 Å². The molecule has 37 heavy (non-hydrogen) atoms. The number of fused-ring (bicyclic) bond motifs is 1. The highest BCUT2D eigenvalue weighted by Gasteiger charge is 2.31. The SMILES string of the molecule is CCCCNC(=O)[C@H](C)N(Cc1ccc(Br)cc1)C(=O)CN(c1ccc2c(c1)OCCO2)S(=O)(=O)CC. The molecule has 0 unspecified atom stereocenters. The fourth-order valence-electron chi connectivity index (χ4n) is 3.81. The highest BCUT2D eigenvalue weighted by molar-refractivity contribution is 9.10. The molecule has 9 nitrogen and oxygen atoms in total. The van der Waals surface area contributed by atoms with E-state index in [0.717, 1.165) is 27.2 Å². The van der Waals surface area contributed by atoms with Crippen LogP contribution in [0.15, 0.2) is 46.9 Å². The van der Waals surface area contributed by atoms with Crippen molar-refractivity contribution in [1.29, 1.82) is 0 Å². The van der Waals surface area contributed by atoms with E-state index < -0.39 is 28.5 Å². The molecule has 0 fully saturated rings. The van der Waals surface area contributed by atoms with Crippen LogP contribution in [-0.2, 0) is 26.2 Å². The lowest BCUT2D eigenvalue weighted by molar-refractivity contribution is -0.139. The van der Waals surface area contributed by atoms with Crippen LogP contribution in [0, 0.1) is 0 Å². The standard InChI is InChI=1S/C26H34BrN3O6S/c1-4-6-13-28-26(32)19(3)29(17-20-7-9-21(27)10-8-20)25(31)18-30(37(33,34)5-2)22-11-12-23-24(16-22)36-15-14-35-23/h7-12,16,19H,4-6,13-15,17-18H2,1-3H3,(H,28,32)/t19-/m0/s1. The minimum atomic E-state index is -3.83. The number of unbranched alkanes of at least 4 members (excludes halogenated alkanes) is 1. The topological polar surface area (TPSA) is 105 Å². The summed E-state index contributed by atoms with van der Waals surface area (Å²) in [5.41, 5.74) is 1.11. The van der Waals surface area contributed by atoms with Gasteiger partial charge < -0.3 is 19.7 Å². The molecular weight excluding hydrogens is 562 g/mol. The maximum absolute atomic E-state index is 13.7. The van der Waals surface area contributed by atoms with Gasteiger partial charge in [0.15, 0.2) is 11.5 Å². The van der Waals surface area contributed by atoms with Gasteiger partial charge in [0.25, 0.3) is 0 Å². The van der Waals surface area contributed by atoms with Gasteiger partial charge in [0.05, 0.1) is 11.4 Å². The lowest BCUT2D eigenvalue weighted by Gasteiger charge is -2.32. The summed E-state index contributed by atoms with van der Waals surface area (Å²) in [6.45, 7) is 6.16.